The van der Waals surface area contributed by atoms with Crippen molar-refractivity contribution in [2.75, 3.05) is 26.7 Å². The van der Waals surface area contributed by atoms with Crippen molar-refractivity contribution in [3.05, 3.63) is 0 Å². The molecule has 2 aliphatic carbocycles. The molecule has 1 atom stereocenters. The Hall–Kier alpha value is -0.610. The van der Waals surface area contributed by atoms with Gasteiger partial charge < -0.3 is 9.64 Å². The molecule has 0 bridgehead atoms. The minimum absolute atomic E-state index is 0.144. The molecule has 2 rings (SSSR count). The lowest BCUT2D eigenvalue weighted by Crippen LogP contribution is -2.54. The maximum Gasteiger partial charge on any atom is 0.325 e. The first-order chi connectivity index (χ1) is 9.93. The lowest BCUT2D eigenvalue weighted by molar-refractivity contribution is -0.148. The van der Waals surface area contributed by atoms with E-state index in [0.29, 0.717) is 0 Å². The number of hydrogen-bond donors (Lipinski definition) is 1. The Kier molecular flexibility index (Phi) is 5.67. The van der Waals surface area contributed by atoms with Crippen LogP contribution in [0, 0.1) is 11.8 Å². The molecule has 2 aliphatic rings. The highest BCUT2D eigenvalue weighted by atomic mass is 16.5. The van der Waals surface area contributed by atoms with E-state index < -0.39 is 5.54 Å². The normalized spacial score (nSPS) is 21.6. The molecule has 122 valence electrons. The van der Waals surface area contributed by atoms with Crippen LogP contribution in [-0.4, -0.2) is 49.2 Å². The minimum atomic E-state index is -0.575. The Morgan fingerprint density at radius 2 is 1.76 bits per heavy atom. The molecule has 0 radical (unpaired) electrons. The van der Waals surface area contributed by atoms with Crippen molar-refractivity contribution in [3.63, 3.8) is 0 Å². The molecule has 0 aromatic heterocycles. The number of hydrogen-bond acceptors (Lipinski definition) is 4. The highest BCUT2D eigenvalue weighted by Gasteiger charge is 2.36. The van der Waals surface area contributed by atoms with E-state index in [2.05, 4.69) is 24.1 Å². The Morgan fingerprint density at radius 3 is 2.14 bits per heavy atom. The Bertz CT molecular complexity index is 337. The van der Waals surface area contributed by atoms with Crippen molar-refractivity contribution in [1.29, 1.82) is 0 Å². The van der Waals surface area contributed by atoms with Crippen LogP contribution in [0.5, 0.6) is 0 Å². The number of methoxy groups -OCH3 is 1. The van der Waals surface area contributed by atoms with Crippen molar-refractivity contribution in [2.24, 2.45) is 11.8 Å². The highest BCUT2D eigenvalue weighted by molar-refractivity contribution is 5.80. The van der Waals surface area contributed by atoms with Crippen molar-refractivity contribution in [1.82, 2.24) is 10.2 Å². The number of carbonyl (C=O) groups is 1. The molecular formula is C17H32N2O2. The van der Waals surface area contributed by atoms with Crippen LogP contribution >= 0.6 is 0 Å². The number of nitrogens with one attached hydrogen (secondary N) is 1. The molecule has 0 heterocycles. The zero-order chi connectivity index (χ0) is 15.5. The fourth-order valence-corrected chi connectivity index (χ4v) is 3.07. The largest absolute Gasteiger partial charge is 0.468 e. The summed E-state index contributed by atoms with van der Waals surface area (Å²) in [5.41, 5.74) is -0.575. The van der Waals surface area contributed by atoms with E-state index in [1.165, 1.54) is 45.9 Å². The van der Waals surface area contributed by atoms with Gasteiger partial charge in [-0.1, -0.05) is 0 Å². The van der Waals surface area contributed by atoms with Crippen LogP contribution in [0.4, 0.5) is 0 Å². The minimum Gasteiger partial charge on any atom is -0.468 e. The lowest BCUT2D eigenvalue weighted by atomic mass is 9.96. The van der Waals surface area contributed by atoms with E-state index in [-0.39, 0.29) is 12.0 Å². The highest BCUT2D eigenvalue weighted by Crippen LogP contribution is 2.34. The third kappa shape index (κ3) is 5.59. The summed E-state index contributed by atoms with van der Waals surface area (Å²) in [6.45, 7) is 9.55. The predicted octanol–water partition coefficient (Wildman–Crippen LogP) is 2.43. The zero-order valence-electron chi connectivity index (χ0n) is 14.2. The Labute approximate surface area is 129 Å². The van der Waals surface area contributed by atoms with Gasteiger partial charge in [0.1, 0.15) is 5.54 Å². The van der Waals surface area contributed by atoms with E-state index >= 15 is 0 Å². The van der Waals surface area contributed by atoms with Crippen LogP contribution < -0.4 is 5.32 Å². The summed E-state index contributed by atoms with van der Waals surface area (Å²) in [5.74, 6) is 1.67. The fourth-order valence-electron chi connectivity index (χ4n) is 3.07. The molecule has 0 spiro atoms. The van der Waals surface area contributed by atoms with E-state index in [1.807, 2.05) is 6.92 Å². The molecule has 1 unspecified atom stereocenters. The average molecular weight is 296 g/mol. The van der Waals surface area contributed by atoms with E-state index in [1.54, 1.807) is 0 Å². The van der Waals surface area contributed by atoms with Gasteiger partial charge in [0, 0.05) is 25.7 Å². The summed E-state index contributed by atoms with van der Waals surface area (Å²) >= 11 is 0. The SMILES string of the molecule is COC(=O)C(C)(CCN(CC1CC1)CC1CC1)NC(C)C. The first-order valence-electron chi connectivity index (χ1n) is 8.51. The van der Waals surface area contributed by atoms with Gasteiger partial charge >= 0.3 is 5.97 Å². The standard InChI is InChI=1S/C17H32N2O2/c1-13(2)18-17(3,16(20)21-4)9-10-19(11-14-5-6-14)12-15-7-8-15/h13-15,18H,5-12H2,1-4H3. The molecule has 4 nitrogen and oxygen atoms in total. The summed E-state index contributed by atoms with van der Waals surface area (Å²) in [7, 11) is 1.48. The molecule has 0 aliphatic heterocycles. The quantitative estimate of drug-likeness (QED) is 0.629. The second-order valence-electron chi connectivity index (χ2n) is 7.52. The van der Waals surface area contributed by atoms with Crippen LogP contribution in [0.2, 0.25) is 0 Å². The average Bonchev–Trinajstić information content (AvgIpc) is 3.30. The van der Waals surface area contributed by atoms with Gasteiger partial charge in [0.15, 0.2) is 0 Å². The van der Waals surface area contributed by atoms with Gasteiger partial charge in [-0.2, -0.15) is 0 Å². The van der Waals surface area contributed by atoms with Crippen molar-refractivity contribution in [3.8, 4) is 0 Å². The summed E-state index contributed by atoms with van der Waals surface area (Å²) < 4.78 is 5.02. The molecule has 0 saturated heterocycles. The fraction of sp³-hybridized carbons (Fsp3) is 0.941. The van der Waals surface area contributed by atoms with Crippen LogP contribution in [0.3, 0.4) is 0 Å². The number of rotatable bonds is 10. The van der Waals surface area contributed by atoms with Crippen molar-refractivity contribution in [2.45, 2.75) is 64.5 Å². The Morgan fingerprint density at radius 1 is 1.24 bits per heavy atom. The van der Waals surface area contributed by atoms with Gasteiger partial charge in [-0.3, -0.25) is 10.1 Å². The van der Waals surface area contributed by atoms with Crippen LogP contribution in [0.25, 0.3) is 0 Å². The second kappa shape index (κ2) is 7.10. The monoisotopic (exact) mass is 296 g/mol. The van der Waals surface area contributed by atoms with Gasteiger partial charge in [-0.05, 0) is 64.7 Å². The van der Waals surface area contributed by atoms with E-state index in [4.69, 9.17) is 4.74 Å². The first-order valence-corrected chi connectivity index (χ1v) is 8.51. The third-order valence-electron chi connectivity index (χ3n) is 4.60. The number of carbonyl (C=O) groups excluding carboxylic acids is 1. The molecule has 0 aromatic rings. The number of esters is 1. The molecule has 2 fully saturated rings. The van der Waals surface area contributed by atoms with Gasteiger partial charge in [-0.25, -0.2) is 0 Å². The smallest absolute Gasteiger partial charge is 0.325 e. The third-order valence-corrected chi connectivity index (χ3v) is 4.60. The molecule has 21 heavy (non-hydrogen) atoms. The van der Waals surface area contributed by atoms with Crippen LogP contribution in [0.1, 0.15) is 52.9 Å². The first kappa shape index (κ1) is 16.8. The zero-order valence-corrected chi connectivity index (χ0v) is 14.2. The van der Waals surface area contributed by atoms with Gasteiger partial charge in [0.05, 0.1) is 7.11 Å². The maximum absolute atomic E-state index is 12.1. The van der Waals surface area contributed by atoms with Crippen molar-refractivity contribution < 1.29 is 9.53 Å². The van der Waals surface area contributed by atoms with Crippen molar-refractivity contribution >= 4 is 5.97 Å². The second-order valence-corrected chi connectivity index (χ2v) is 7.52. The molecule has 2 saturated carbocycles. The topological polar surface area (TPSA) is 41.6 Å². The van der Waals surface area contributed by atoms with Gasteiger partial charge in [-0.15, -0.1) is 0 Å². The molecule has 1 N–H and O–H groups in total. The molecular weight excluding hydrogens is 264 g/mol. The predicted molar refractivity (Wildman–Crippen MR) is 85.2 cm³/mol. The molecule has 0 aromatic carbocycles. The van der Waals surface area contributed by atoms with Crippen LogP contribution in [0.15, 0.2) is 0 Å². The van der Waals surface area contributed by atoms with E-state index in [0.717, 1.165) is 24.8 Å². The molecule has 4 heteroatoms. The van der Waals surface area contributed by atoms with Gasteiger partial charge in [0.25, 0.3) is 0 Å². The number of ether oxygens (including phenoxy) is 1. The summed E-state index contributed by atoms with van der Waals surface area (Å²) in [4.78, 5) is 14.7. The lowest BCUT2D eigenvalue weighted by Gasteiger charge is -2.33. The Balaban J connectivity index is 1.88. The van der Waals surface area contributed by atoms with Gasteiger partial charge in [0.2, 0.25) is 0 Å². The summed E-state index contributed by atoms with van der Waals surface area (Å²) in [6.07, 6.45) is 6.37. The summed E-state index contributed by atoms with van der Waals surface area (Å²) in [6, 6.07) is 0.273. The maximum atomic E-state index is 12.1. The van der Waals surface area contributed by atoms with E-state index in [9.17, 15) is 4.79 Å². The van der Waals surface area contributed by atoms with Crippen LogP contribution in [-0.2, 0) is 9.53 Å². The summed E-state index contributed by atoms with van der Waals surface area (Å²) in [5, 5.41) is 3.40. The molecule has 0 amide bonds. The number of nitrogens with zero attached hydrogens (tertiary/aromatic N) is 1.